The molecule has 0 aliphatic rings. The quantitative estimate of drug-likeness (QED) is 0.0337. The summed E-state index contributed by atoms with van der Waals surface area (Å²) in [5, 5.41) is 0. The van der Waals surface area contributed by atoms with Gasteiger partial charge in [-0.15, -0.1) is 19.7 Å². The van der Waals surface area contributed by atoms with Gasteiger partial charge in [-0.1, -0.05) is 312 Å². The number of rotatable bonds is 35. The summed E-state index contributed by atoms with van der Waals surface area (Å²) >= 11 is 0. The van der Waals surface area contributed by atoms with E-state index in [4.69, 9.17) is 0 Å². The zero-order valence-corrected chi connectivity index (χ0v) is 55.6. The van der Waals surface area contributed by atoms with Gasteiger partial charge in [0.05, 0.1) is 0 Å². The summed E-state index contributed by atoms with van der Waals surface area (Å²) < 4.78 is 0. The van der Waals surface area contributed by atoms with Crippen molar-refractivity contribution in [2.45, 2.75) is 293 Å². The summed E-state index contributed by atoms with van der Waals surface area (Å²) in [7, 11) is 0. The first-order valence-corrected chi connectivity index (χ1v) is 30.7. The van der Waals surface area contributed by atoms with Crippen LogP contribution in [0.15, 0.2) is 146 Å². The minimum absolute atomic E-state index is 0.886. The second-order valence-electron chi connectivity index (χ2n) is 24.5. The van der Waals surface area contributed by atoms with Crippen LogP contribution >= 0.6 is 0 Å². The van der Waals surface area contributed by atoms with E-state index in [-0.39, 0.29) is 0 Å². The van der Waals surface area contributed by atoms with Crippen molar-refractivity contribution < 1.29 is 0 Å². The van der Waals surface area contributed by atoms with Gasteiger partial charge < -0.3 is 0 Å². The first-order valence-electron chi connectivity index (χ1n) is 30.7. The molecule has 0 aromatic heterocycles. The summed E-state index contributed by atoms with van der Waals surface area (Å²) in [6.45, 7) is 76.4. The molecule has 0 spiro atoms. The molecule has 0 saturated carbocycles. The molecule has 0 aromatic rings. The number of hydrogen-bond acceptors (Lipinski definition) is 0. The van der Waals surface area contributed by atoms with Gasteiger partial charge in [-0.2, -0.15) is 0 Å². The van der Waals surface area contributed by atoms with Crippen LogP contribution in [-0.2, 0) is 0 Å². The lowest BCUT2D eigenvalue weighted by atomic mass is 9.93. The van der Waals surface area contributed by atoms with Crippen molar-refractivity contribution >= 4 is 0 Å². The Labute approximate surface area is 478 Å². The van der Waals surface area contributed by atoms with Crippen molar-refractivity contribution in [2.24, 2.45) is 41.4 Å². The Balaban J connectivity index is -0.000000147. The molecule has 0 amide bonds. The van der Waals surface area contributed by atoms with Gasteiger partial charge in [-0.25, -0.2) is 0 Å². The average Bonchev–Trinajstić information content (AvgIpc) is 3.32. The Bertz CT molecular complexity index is 1460. The van der Waals surface area contributed by atoms with Gasteiger partial charge in [0.25, 0.3) is 0 Å². The van der Waals surface area contributed by atoms with E-state index in [0.29, 0.717) is 0 Å². The average molecular weight is 1040 g/mol. The Morgan fingerprint density at radius 3 is 0.933 bits per heavy atom. The topological polar surface area (TPSA) is 0 Å². The standard InChI is InChI=1S/C15H32.C15H24.C10H22.C10H16.C10H22.C10H16.C5H8/c2*1-6-14(4)10-8-12-15(5)11-7-9-13(2)3;2*1-9(2)7-5-6-8-10(3)4;2*1-5-10(4)8-6-7-9(2)3;1-4-5(2)3/h13-15H,6-12H2,1-5H3;6,10-11H,1-2,7-9,12H2,3-5H3;9-10H,5-8H2,1-4H3;5,7H,1,3,6,8H2,2,4H3;9-10H,5-8H2,1-4H3;5,8H,1-2,6-7H2,3-4H3;4H,1-2H2,3H3/b;14-10+,15-11+;;7-5+;;10-8+;. The maximum Gasteiger partial charge on any atom is -0.0288 e. The van der Waals surface area contributed by atoms with Crippen LogP contribution in [0.5, 0.6) is 0 Å². The van der Waals surface area contributed by atoms with Gasteiger partial charge in [0, 0.05) is 0 Å². The van der Waals surface area contributed by atoms with Gasteiger partial charge in [0.1, 0.15) is 0 Å². The van der Waals surface area contributed by atoms with Crippen LogP contribution in [0.25, 0.3) is 0 Å². The molecule has 0 rings (SSSR count). The molecular weight excluding hydrogens is 901 g/mol. The fourth-order valence-electron chi connectivity index (χ4n) is 6.74. The second kappa shape index (κ2) is 65.2. The first kappa shape index (κ1) is 85.8. The molecule has 3 unspecified atom stereocenters. The Hall–Kier alpha value is -3.12. The minimum atomic E-state index is 0.886. The van der Waals surface area contributed by atoms with E-state index in [2.05, 4.69) is 208 Å². The van der Waals surface area contributed by atoms with Crippen LogP contribution in [0, 0.1) is 41.4 Å². The fourth-order valence-corrected chi connectivity index (χ4v) is 6.74. The maximum absolute atomic E-state index is 3.90. The van der Waals surface area contributed by atoms with Crippen LogP contribution in [-0.4, -0.2) is 0 Å². The van der Waals surface area contributed by atoms with Crippen LogP contribution in [0.1, 0.15) is 293 Å². The lowest BCUT2D eigenvalue weighted by Gasteiger charge is -2.13. The summed E-state index contributed by atoms with van der Waals surface area (Å²) in [6.07, 6.45) is 46.5. The lowest BCUT2D eigenvalue weighted by Crippen LogP contribution is -1.99. The Morgan fingerprint density at radius 1 is 0.347 bits per heavy atom. The molecule has 75 heavy (non-hydrogen) atoms. The molecule has 0 N–H and O–H groups in total. The molecule has 440 valence electrons. The van der Waals surface area contributed by atoms with Crippen molar-refractivity contribution in [1.82, 2.24) is 0 Å². The van der Waals surface area contributed by atoms with Gasteiger partial charge in [0.2, 0.25) is 0 Å². The molecule has 0 aromatic carbocycles. The first-order chi connectivity index (χ1) is 35.0. The van der Waals surface area contributed by atoms with Gasteiger partial charge in [-0.3, -0.25) is 0 Å². The zero-order valence-electron chi connectivity index (χ0n) is 55.6. The third kappa shape index (κ3) is 104. The highest BCUT2D eigenvalue weighted by Crippen LogP contribution is 2.20. The third-order valence-corrected chi connectivity index (χ3v) is 12.8. The van der Waals surface area contributed by atoms with E-state index in [1.165, 1.54) is 130 Å². The number of hydrogen-bond donors (Lipinski definition) is 0. The molecular formula is C75H140. The largest absolute Gasteiger partial charge is 0.100 e. The lowest BCUT2D eigenvalue weighted by molar-refractivity contribution is 0.397. The van der Waals surface area contributed by atoms with Crippen molar-refractivity contribution in [3.8, 4) is 0 Å². The predicted molar refractivity (Wildman–Crippen MR) is 359 cm³/mol. The summed E-state index contributed by atoms with van der Waals surface area (Å²) in [4.78, 5) is 0. The molecule has 0 aliphatic heterocycles. The SMILES string of the molecule is C=C(C)/C=C/CCC(=C)C.C=C/C(C)=C/CC/C(C)=C/CCC(=C)C.C=C/C(C)=C/CCC(=C)C.C=CC(=C)C.CC(C)CCCCC(C)C.CCC(C)CCCC(C)C.CCC(C)CCCC(C)CCCC(C)C. The monoisotopic (exact) mass is 1040 g/mol. The van der Waals surface area contributed by atoms with Crippen molar-refractivity contribution in [2.75, 3.05) is 0 Å². The highest BCUT2D eigenvalue weighted by molar-refractivity contribution is 5.14. The molecule has 0 nitrogen and oxygen atoms in total. The third-order valence-electron chi connectivity index (χ3n) is 12.8. The van der Waals surface area contributed by atoms with Crippen molar-refractivity contribution in [3.05, 3.63) is 146 Å². The number of unbranched alkanes of at least 4 members (excludes halogenated alkanes) is 1. The Morgan fingerprint density at radius 2 is 0.640 bits per heavy atom. The molecule has 0 radical (unpaired) electrons. The van der Waals surface area contributed by atoms with Crippen LogP contribution < -0.4 is 0 Å². The van der Waals surface area contributed by atoms with Gasteiger partial charge >= 0.3 is 0 Å². The van der Waals surface area contributed by atoms with E-state index in [0.717, 1.165) is 104 Å². The van der Waals surface area contributed by atoms with Gasteiger partial charge in [-0.05, 0) is 148 Å². The molecule has 0 heteroatoms. The summed E-state index contributed by atoms with van der Waals surface area (Å²) in [5.41, 5.74) is 9.88. The zero-order chi connectivity index (χ0) is 59.6. The normalized spacial score (nSPS) is 12.4. The van der Waals surface area contributed by atoms with E-state index >= 15 is 0 Å². The minimum Gasteiger partial charge on any atom is -0.100 e. The molecule has 0 fully saturated rings. The second-order valence-corrected chi connectivity index (χ2v) is 24.5. The van der Waals surface area contributed by atoms with E-state index in [1.807, 2.05) is 32.1 Å². The predicted octanol–water partition coefficient (Wildman–Crippen LogP) is 27.3. The van der Waals surface area contributed by atoms with Crippen molar-refractivity contribution in [3.63, 3.8) is 0 Å². The molecule has 0 bridgehead atoms. The Kier molecular flexibility index (Phi) is 74.5. The van der Waals surface area contributed by atoms with Crippen molar-refractivity contribution in [1.29, 1.82) is 0 Å². The van der Waals surface area contributed by atoms with Crippen LogP contribution in [0.4, 0.5) is 0 Å². The van der Waals surface area contributed by atoms with Crippen LogP contribution in [0.2, 0.25) is 0 Å². The molecule has 0 heterocycles. The molecule has 3 atom stereocenters. The summed E-state index contributed by atoms with van der Waals surface area (Å²) in [5.74, 6) is 6.40. The van der Waals surface area contributed by atoms with E-state index < -0.39 is 0 Å². The summed E-state index contributed by atoms with van der Waals surface area (Å²) in [6, 6.07) is 0. The van der Waals surface area contributed by atoms with E-state index in [9.17, 15) is 0 Å². The molecule has 0 aliphatic carbocycles. The van der Waals surface area contributed by atoms with Gasteiger partial charge in [0.15, 0.2) is 0 Å². The highest BCUT2D eigenvalue weighted by atomic mass is 14.1. The maximum atomic E-state index is 3.90. The fraction of sp³-hybridized carbons (Fsp3) is 0.680. The smallest absolute Gasteiger partial charge is 0.0288 e. The highest BCUT2D eigenvalue weighted by Gasteiger charge is 2.05. The molecule has 0 saturated heterocycles. The van der Waals surface area contributed by atoms with Crippen LogP contribution in [0.3, 0.4) is 0 Å². The number of allylic oxidation sites excluding steroid dienone is 16. The van der Waals surface area contributed by atoms with E-state index in [1.54, 1.807) is 6.08 Å².